The predicted molar refractivity (Wildman–Crippen MR) is 38.3 cm³/mol. The van der Waals surface area contributed by atoms with E-state index in [1.807, 2.05) is 24.3 Å². The molecule has 1 aromatic rings. The molecule has 1 nitrogen and oxygen atoms in total. The zero-order chi connectivity index (χ0) is 6.97. The van der Waals surface area contributed by atoms with Crippen LogP contribution in [0.25, 0.3) is 0 Å². The lowest BCUT2D eigenvalue weighted by Gasteiger charge is -1.91. The van der Waals surface area contributed by atoms with Crippen LogP contribution in [0.15, 0.2) is 29.3 Å². The minimum Gasteiger partial charge on any atom is -0.261 e. The van der Waals surface area contributed by atoms with Gasteiger partial charge in [0.05, 0.1) is 5.69 Å². The minimum atomic E-state index is -0.240. The normalized spacial score (nSPS) is 23.6. The molecule has 1 unspecified atom stereocenters. The number of aliphatic imine (C=N–C) groups is 1. The van der Waals surface area contributed by atoms with Crippen molar-refractivity contribution in [1.82, 2.24) is 0 Å². The molecule has 1 atom stereocenters. The van der Waals surface area contributed by atoms with Crippen molar-refractivity contribution in [2.24, 2.45) is 4.99 Å². The molecule has 0 aromatic heterocycles. The molecule has 1 heterocycles. The first-order valence-corrected chi connectivity index (χ1v) is 2.93. The first-order valence-electron chi connectivity index (χ1n) is 3.51. The summed E-state index contributed by atoms with van der Waals surface area (Å²) in [5, 5.41) is 0. The number of fused-ring (bicyclic) bond motifs is 1. The van der Waals surface area contributed by atoms with Gasteiger partial charge in [0, 0.05) is 14.0 Å². The van der Waals surface area contributed by atoms with Crippen LogP contribution in [0.2, 0.25) is 0 Å². The lowest BCUT2D eigenvalue weighted by Crippen LogP contribution is -1.75. The van der Waals surface area contributed by atoms with Crippen molar-refractivity contribution in [2.45, 2.75) is 6.40 Å². The lowest BCUT2D eigenvalue weighted by atomic mass is 10.2. The largest absolute Gasteiger partial charge is 0.261 e. The van der Waals surface area contributed by atoms with Crippen LogP contribution in [0, 0.1) is 0 Å². The molecular formula is C8H7N. The summed E-state index contributed by atoms with van der Waals surface area (Å²) in [6.07, 6.45) is 1.42. The lowest BCUT2D eigenvalue weighted by molar-refractivity contribution is 1.41. The van der Waals surface area contributed by atoms with Crippen molar-refractivity contribution >= 4 is 11.9 Å². The summed E-state index contributed by atoms with van der Waals surface area (Å²) in [5.74, 6) is 0. The molecule has 0 bridgehead atoms. The molecule has 0 saturated carbocycles. The van der Waals surface area contributed by atoms with Crippen LogP contribution in [0.3, 0.4) is 0 Å². The zero-order valence-electron chi connectivity index (χ0n) is 5.91. The molecule has 1 aromatic carbocycles. The number of benzene rings is 1. The quantitative estimate of drug-likeness (QED) is 0.493. The van der Waals surface area contributed by atoms with Gasteiger partial charge < -0.3 is 0 Å². The summed E-state index contributed by atoms with van der Waals surface area (Å²) >= 11 is 0. The van der Waals surface area contributed by atoms with Crippen LogP contribution in [-0.2, 0) is 6.40 Å². The molecule has 0 radical (unpaired) electrons. The Labute approximate surface area is 55.5 Å². The highest BCUT2D eigenvalue weighted by Gasteiger charge is 2.01. The fourth-order valence-electron chi connectivity index (χ4n) is 0.944. The molecule has 44 valence electrons. The van der Waals surface area contributed by atoms with Crippen LogP contribution < -0.4 is 0 Å². The van der Waals surface area contributed by atoms with E-state index < -0.39 is 0 Å². The molecule has 1 aliphatic rings. The van der Waals surface area contributed by atoms with Crippen molar-refractivity contribution in [3.63, 3.8) is 0 Å². The fraction of sp³-hybridized carbons (Fsp3) is 0.125. The van der Waals surface area contributed by atoms with E-state index in [2.05, 4.69) is 4.99 Å². The van der Waals surface area contributed by atoms with E-state index in [1.54, 1.807) is 6.21 Å². The molecule has 0 amide bonds. The molecule has 0 N–H and O–H groups in total. The van der Waals surface area contributed by atoms with Gasteiger partial charge in [-0.2, -0.15) is 0 Å². The summed E-state index contributed by atoms with van der Waals surface area (Å²) in [7, 11) is 0. The Morgan fingerprint density at radius 3 is 3.22 bits per heavy atom. The van der Waals surface area contributed by atoms with E-state index in [0.717, 1.165) is 11.3 Å². The standard InChI is InChI=1S/C8H7N/c1-2-4-8-7(3-1)5-6-9-8/h1-4,6H,5H2/i5D. The Bertz CT molecular complexity index is 280. The number of hydrogen-bond donors (Lipinski definition) is 0. The second-order valence-electron chi connectivity index (χ2n) is 2.00. The van der Waals surface area contributed by atoms with Crippen molar-refractivity contribution in [3.8, 4) is 0 Å². The van der Waals surface area contributed by atoms with Gasteiger partial charge in [-0.15, -0.1) is 0 Å². The van der Waals surface area contributed by atoms with E-state index in [0.29, 0.717) is 0 Å². The third-order valence-corrected chi connectivity index (χ3v) is 1.40. The van der Waals surface area contributed by atoms with E-state index >= 15 is 0 Å². The first kappa shape index (κ1) is 3.83. The molecule has 0 fully saturated rings. The molecule has 2 rings (SSSR count). The summed E-state index contributed by atoms with van der Waals surface area (Å²) in [5.41, 5.74) is 1.96. The van der Waals surface area contributed by atoms with Crippen LogP contribution in [-0.4, -0.2) is 6.21 Å². The fourth-order valence-corrected chi connectivity index (χ4v) is 0.944. The second kappa shape index (κ2) is 1.69. The minimum absolute atomic E-state index is 0.240. The molecule has 1 aliphatic heterocycles. The topological polar surface area (TPSA) is 12.4 Å². The summed E-state index contributed by atoms with van der Waals surface area (Å²) in [6.45, 7) is 0. The van der Waals surface area contributed by atoms with Crippen LogP contribution in [0.4, 0.5) is 5.69 Å². The Balaban J connectivity index is 2.59. The third kappa shape index (κ3) is 0.653. The highest BCUT2D eigenvalue weighted by Crippen LogP contribution is 2.22. The van der Waals surface area contributed by atoms with E-state index in [4.69, 9.17) is 1.37 Å². The van der Waals surface area contributed by atoms with Gasteiger partial charge in [-0.1, -0.05) is 18.2 Å². The predicted octanol–water partition coefficient (Wildman–Crippen LogP) is 1.94. The first-order chi connectivity index (χ1) is 4.88. The van der Waals surface area contributed by atoms with E-state index in [-0.39, 0.29) is 6.40 Å². The summed E-state index contributed by atoms with van der Waals surface area (Å²) < 4.78 is 7.46. The number of hydrogen-bond acceptors (Lipinski definition) is 1. The Morgan fingerprint density at radius 2 is 2.33 bits per heavy atom. The molecule has 0 spiro atoms. The van der Waals surface area contributed by atoms with Gasteiger partial charge in [-0.3, -0.25) is 4.99 Å². The van der Waals surface area contributed by atoms with Gasteiger partial charge in [0.25, 0.3) is 0 Å². The maximum atomic E-state index is 7.46. The zero-order valence-corrected chi connectivity index (χ0v) is 4.91. The highest BCUT2D eigenvalue weighted by molar-refractivity contribution is 5.75. The average Bonchev–Trinajstić information content (AvgIpc) is 2.34. The molecule has 0 aliphatic carbocycles. The van der Waals surface area contributed by atoms with Crippen molar-refractivity contribution in [1.29, 1.82) is 0 Å². The SMILES string of the molecule is [2H]C1C=Nc2ccccc21. The van der Waals surface area contributed by atoms with Gasteiger partial charge in [0.2, 0.25) is 0 Å². The monoisotopic (exact) mass is 118 g/mol. The van der Waals surface area contributed by atoms with Crippen LogP contribution >= 0.6 is 0 Å². The number of nitrogens with zero attached hydrogens (tertiary/aromatic N) is 1. The maximum Gasteiger partial charge on any atom is 0.0661 e. The highest BCUT2D eigenvalue weighted by atomic mass is 14.7. The Hall–Kier alpha value is -1.11. The van der Waals surface area contributed by atoms with E-state index in [1.165, 1.54) is 0 Å². The summed E-state index contributed by atoms with van der Waals surface area (Å²) in [6, 6.07) is 7.75. The molecule has 9 heavy (non-hydrogen) atoms. The van der Waals surface area contributed by atoms with Gasteiger partial charge in [-0.25, -0.2) is 0 Å². The molecule has 1 heteroatoms. The Kier molecular flexibility index (Phi) is 0.719. The van der Waals surface area contributed by atoms with Gasteiger partial charge in [0.1, 0.15) is 0 Å². The maximum absolute atomic E-state index is 7.46. The van der Waals surface area contributed by atoms with Gasteiger partial charge in [-0.05, 0) is 11.6 Å². The van der Waals surface area contributed by atoms with Gasteiger partial charge in [0.15, 0.2) is 0 Å². The van der Waals surface area contributed by atoms with E-state index in [9.17, 15) is 0 Å². The van der Waals surface area contributed by atoms with Crippen LogP contribution in [0.5, 0.6) is 0 Å². The average molecular weight is 118 g/mol. The number of rotatable bonds is 0. The van der Waals surface area contributed by atoms with Crippen LogP contribution in [0.1, 0.15) is 6.93 Å². The van der Waals surface area contributed by atoms with Crippen molar-refractivity contribution in [3.05, 3.63) is 29.8 Å². The molecular weight excluding hydrogens is 110 g/mol. The third-order valence-electron chi connectivity index (χ3n) is 1.40. The van der Waals surface area contributed by atoms with Gasteiger partial charge >= 0.3 is 0 Å². The summed E-state index contributed by atoms with van der Waals surface area (Å²) in [4.78, 5) is 4.07. The smallest absolute Gasteiger partial charge is 0.0661 e. The Morgan fingerprint density at radius 1 is 1.44 bits per heavy atom. The second-order valence-corrected chi connectivity index (χ2v) is 2.00. The molecule has 0 saturated heterocycles. The number of para-hydroxylation sites is 1. The van der Waals surface area contributed by atoms with Crippen molar-refractivity contribution in [2.75, 3.05) is 0 Å². The van der Waals surface area contributed by atoms with Crippen molar-refractivity contribution < 1.29 is 1.37 Å².